The highest BCUT2D eigenvalue weighted by molar-refractivity contribution is 5.55. The van der Waals surface area contributed by atoms with E-state index in [-0.39, 0.29) is 17.5 Å². The summed E-state index contributed by atoms with van der Waals surface area (Å²) in [7, 11) is 0. The highest BCUT2D eigenvalue weighted by Crippen LogP contribution is 2.22. The molecular formula is C18H14F4N4. The van der Waals surface area contributed by atoms with E-state index in [2.05, 4.69) is 20.6 Å². The quantitative estimate of drug-likeness (QED) is 0.503. The molecule has 0 aliphatic rings. The molecule has 3 aromatic rings. The van der Waals surface area contributed by atoms with Crippen LogP contribution in [0.5, 0.6) is 0 Å². The first-order valence-corrected chi connectivity index (χ1v) is 7.75. The topological polar surface area (TPSA) is 49.8 Å². The van der Waals surface area contributed by atoms with E-state index in [1.54, 1.807) is 24.3 Å². The van der Waals surface area contributed by atoms with Gasteiger partial charge in [-0.1, -0.05) is 18.2 Å². The first kappa shape index (κ1) is 17.7. The molecule has 0 amide bonds. The lowest BCUT2D eigenvalue weighted by molar-refractivity contribution is 0.449. The first-order chi connectivity index (χ1) is 12.5. The number of hydrogen-bond acceptors (Lipinski definition) is 4. The second kappa shape index (κ2) is 7.81. The second-order valence-corrected chi connectivity index (χ2v) is 5.38. The lowest BCUT2D eigenvalue weighted by Crippen LogP contribution is -2.09. The van der Waals surface area contributed by atoms with Crippen LogP contribution in [0.1, 0.15) is 5.56 Å². The Morgan fingerprint density at radius 1 is 0.846 bits per heavy atom. The van der Waals surface area contributed by atoms with Gasteiger partial charge < -0.3 is 10.6 Å². The van der Waals surface area contributed by atoms with Crippen LogP contribution in [-0.4, -0.2) is 16.5 Å². The molecule has 8 heteroatoms. The number of nitrogens with one attached hydrogen (secondary N) is 2. The fourth-order valence-electron chi connectivity index (χ4n) is 2.29. The minimum Gasteiger partial charge on any atom is -0.370 e. The minimum atomic E-state index is -1.57. The third-order valence-electron chi connectivity index (χ3n) is 3.60. The monoisotopic (exact) mass is 362 g/mol. The molecule has 0 aliphatic heterocycles. The van der Waals surface area contributed by atoms with Crippen molar-refractivity contribution < 1.29 is 17.6 Å². The van der Waals surface area contributed by atoms with Gasteiger partial charge in [0, 0.05) is 12.7 Å². The molecule has 4 nitrogen and oxygen atoms in total. The van der Waals surface area contributed by atoms with Gasteiger partial charge in [0.25, 0.3) is 0 Å². The molecule has 0 radical (unpaired) electrons. The molecule has 2 aromatic carbocycles. The standard InChI is InChI=1S/C18H14F4N4/c19-12-4-2-1-3-11(12)7-9-23-15-8-10-24-18(26-15)25-14-6-5-13(20)16(21)17(14)22/h1-6,8,10H,7,9H2,(H2,23,24,25,26). The van der Waals surface area contributed by atoms with Gasteiger partial charge in [-0.05, 0) is 36.2 Å². The predicted molar refractivity (Wildman–Crippen MR) is 90.2 cm³/mol. The molecule has 0 spiro atoms. The molecule has 0 saturated heterocycles. The third-order valence-corrected chi connectivity index (χ3v) is 3.60. The summed E-state index contributed by atoms with van der Waals surface area (Å²) in [5, 5.41) is 5.49. The molecule has 0 fully saturated rings. The summed E-state index contributed by atoms with van der Waals surface area (Å²) in [5.74, 6) is -4.07. The first-order valence-electron chi connectivity index (χ1n) is 7.75. The van der Waals surface area contributed by atoms with Crippen LogP contribution in [0.25, 0.3) is 0 Å². The van der Waals surface area contributed by atoms with Crippen LogP contribution < -0.4 is 10.6 Å². The number of halogens is 4. The Kier molecular flexibility index (Phi) is 5.31. The summed E-state index contributed by atoms with van der Waals surface area (Å²) in [5.41, 5.74) is 0.281. The summed E-state index contributed by atoms with van der Waals surface area (Å²) in [6.07, 6.45) is 1.86. The fourth-order valence-corrected chi connectivity index (χ4v) is 2.29. The zero-order valence-electron chi connectivity index (χ0n) is 13.4. The molecule has 0 aliphatic carbocycles. The van der Waals surface area contributed by atoms with Crippen molar-refractivity contribution in [3.05, 3.63) is 77.5 Å². The molecule has 3 rings (SSSR count). The average molecular weight is 362 g/mol. The predicted octanol–water partition coefficient (Wildman–Crippen LogP) is 4.43. The van der Waals surface area contributed by atoms with Gasteiger partial charge in [0.1, 0.15) is 11.6 Å². The Bertz CT molecular complexity index is 917. The maximum Gasteiger partial charge on any atom is 0.229 e. The summed E-state index contributed by atoms with van der Waals surface area (Å²) < 4.78 is 53.5. The van der Waals surface area contributed by atoms with Gasteiger partial charge in [0.15, 0.2) is 17.5 Å². The van der Waals surface area contributed by atoms with Crippen molar-refractivity contribution in [1.82, 2.24) is 9.97 Å². The maximum atomic E-state index is 13.7. The second-order valence-electron chi connectivity index (χ2n) is 5.38. The summed E-state index contributed by atoms with van der Waals surface area (Å²) in [4.78, 5) is 8.01. The molecular weight excluding hydrogens is 348 g/mol. The lowest BCUT2D eigenvalue weighted by Gasteiger charge is -2.10. The normalized spacial score (nSPS) is 10.6. The Morgan fingerprint density at radius 2 is 1.65 bits per heavy atom. The van der Waals surface area contributed by atoms with Crippen molar-refractivity contribution in [3.8, 4) is 0 Å². The van der Waals surface area contributed by atoms with Gasteiger partial charge in [0.05, 0.1) is 5.69 Å². The summed E-state index contributed by atoms with van der Waals surface area (Å²) >= 11 is 0. The van der Waals surface area contributed by atoms with E-state index >= 15 is 0 Å². The molecule has 26 heavy (non-hydrogen) atoms. The van der Waals surface area contributed by atoms with Gasteiger partial charge in [-0.3, -0.25) is 0 Å². The number of hydrogen-bond donors (Lipinski definition) is 2. The summed E-state index contributed by atoms with van der Waals surface area (Å²) in [6, 6.07) is 9.88. The molecule has 0 bridgehead atoms. The minimum absolute atomic E-state index is 0.00537. The van der Waals surface area contributed by atoms with Gasteiger partial charge in [-0.2, -0.15) is 4.98 Å². The highest BCUT2D eigenvalue weighted by Gasteiger charge is 2.14. The van der Waals surface area contributed by atoms with Gasteiger partial charge in [-0.25, -0.2) is 22.5 Å². The summed E-state index contributed by atoms with van der Waals surface area (Å²) in [6.45, 7) is 0.414. The Labute approximate surface area is 146 Å². The van der Waals surface area contributed by atoms with Crippen LogP contribution in [0.15, 0.2) is 48.7 Å². The average Bonchev–Trinajstić information content (AvgIpc) is 2.64. The van der Waals surface area contributed by atoms with E-state index in [9.17, 15) is 17.6 Å². The molecule has 134 valence electrons. The number of nitrogens with zero attached hydrogens (tertiary/aromatic N) is 2. The fraction of sp³-hybridized carbons (Fsp3) is 0.111. The van der Waals surface area contributed by atoms with Crippen molar-refractivity contribution in [2.45, 2.75) is 6.42 Å². The number of benzene rings is 2. The van der Waals surface area contributed by atoms with Crippen LogP contribution in [0.4, 0.5) is 35.0 Å². The number of anilines is 3. The van der Waals surface area contributed by atoms with E-state index in [0.29, 0.717) is 24.3 Å². The SMILES string of the molecule is Fc1ccccc1CCNc1ccnc(Nc2ccc(F)c(F)c2F)n1. The van der Waals surface area contributed by atoms with E-state index in [4.69, 9.17) is 0 Å². The largest absolute Gasteiger partial charge is 0.370 e. The van der Waals surface area contributed by atoms with Crippen molar-refractivity contribution in [1.29, 1.82) is 0 Å². The number of rotatable bonds is 6. The van der Waals surface area contributed by atoms with Crippen molar-refractivity contribution >= 4 is 17.5 Å². The molecule has 0 saturated carbocycles. The Hall–Kier alpha value is -3.16. The smallest absolute Gasteiger partial charge is 0.229 e. The van der Waals surface area contributed by atoms with E-state index in [1.165, 1.54) is 12.3 Å². The van der Waals surface area contributed by atoms with Gasteiger partial charge in [0.2, 0.25) is 5.95 Å². The number of aromatic nitrogens is 2. The van der Waals surface area contributed by atoms with Gasteiger partial charge >= 0.3 is 0 Å². The van der Waals surface area contributed by atoms with Crippen LogP contribution >= 0.6 is 0 Å². The molecule has 1 aromatic heterocycles. The van der Waals surface area contributed by atoms with Crippen LogP contribution in [0.3, 0.4) is 0 Å². The Balaban J connectivity index is 1.65. The van der Waals surface area contributed by atoms with Crippen molar-refractivity contribution in [2.24, 2.45) is 0 Å². The van der Waals surface area contributed by atoms with E-state index in [1.807, 2.05) is 0 Å². The maximum absolute atomic E-state index is 13.7. The molecule has 0 atom stereocenters. The molecule has 0 unspecified atom stereocenters. The van der Waals surface area contributed by atoms with E-state index in [0.717, 1.165) is 12.1 Å². The Morgan fingerprint density at radius 3 is 2.46 bits per heavy atom. The van der Waals surface area contributed by atoms with Crippen molar-refractivity contribution in [2.75, 3.05) is 17.2 Å². The zero-order chi connectivity index (χ0) is 18.5. The molecule has 1 heterocycles. The molecule has 2 N–H and O–H groups in total. The van der Waals surface area contributed by atoms with Crippen molar-refractivity contribution in [3.63, 3.8) is 0 Å². The van der Waals surface area contributed by atoms with Gasteiger partial charge in [-0.15, -0.1) is 0 Å². The van der Waals surface area contributed by atoms with Crippen LogP contribution in [-0.2, 0) is 6.42 Å². The third kappa shape index (κ3) is 4.08. The lowest BCUT2D eigenvalue weighted by atomic mass is 10.1. The highest BCUT2D eigenvalue weighted by atomic mass is 19.2. The van der Waals surface area contributed by atoms with Crippen LogP contribution in [0, 0.1) is 23.3 Å². The van der Waals surface area contributed by atoms with Crippen LogP contribution in [0.2, 0.25) is 0 Å². The zero-order valence-corrected chi connectivity index (χ0v) is 13.4. The van der Waals surface area contributed by atoms with E-state index < -0.39 is 17.5 Å².